The molecule has 0 radical (unpaired) electrons. The smallest absolute Gasteiger partial charge is 0.329 e. The van der Waals surface area contributed by atoms with Gasteiger partial charge in [-0.15, -0.1) is 0 Å². The number of nitrogens with zero attached hydrogens (tertiary/aromatic N) is 2. The maximum Gasteiger partial charge on any atom is 0.329 e. The zero-order valence-corrected chi connectivity index (χ0v) is 17.9. The van der Waals surface area contributed by atoms with Crippen molar-refractivity contribution in [2.75, 3.05) is 13.2 Å². The second-order valence-electron chi connectivity index (χ2n) is 6.27. The molecule has 0 saturated carbocycles. The highest BCUT2D eigenvalue weighted by molar-refractivity contribution is 9.11. The Balaban J connectivity index is 1.98. The highest BCUT2D eigenvalue weighted by Gasteiger charge is 2.29. The average Bonchev–Trinajstić information content (AvgIpc) is 2.80. The van der Waals surface area contributed by atoms with Gasteiger partial charge < -0.3 is 4.74 Å². The Morgan fingerprint density at radius 1 is 1.30 bits per heavy atom. The molecular formula is C18H12Br2ClFN2O3. The van der Waals surface area contributed by atoms with E-state index in [0.717, 1.165) is 6.07 Å². The van der Waals surface area contributed by atoms with Crippen LogP contribution in [0.25, 0.3) is 11.0 Å². The van der Waals surface area contributed by atoms with Gasteiger partial charge in [-0.3, -0.25) is 13.9 Å². The van der Waals surface area contributed by atoms with Crippen LogP contribution < -0.4 is 5.69 Å². The lowest BCUT2D eigenvalue weighted by Crippen LogP contribution is -2.37. The van der Waals surface area contributed by atoms with E-state index in [1.54, 1.807) is 17.7 Å². The molecule has 0 aliphatic carbocycles. The van der Waals surface area contributed by atoms with Crippen molar-refractivity contribution in [1.82, 2.24) is 9.13 Å². The molecule has 0 N–H and O–H groups in total. The Labute approximate surface area is 174 Å². The predicted octanol–water partition coefficient (Wildman–Crippen LogP) is 4.46. The molecule has 0 amide bonds. The van der Waals surface area contributed by atoms with Crippen molar-refractivity contribution >= 4 is 60.3 Å². The third-order valence-corrected chi connectivity index (χ3v) is 6.37. The third kappa shape index (κ3) is 2.90. The van der Waals surface area contributed by atoms with Crippen LogP contribution in [0.1, 0.15) is 22.0 Å². The molecule has 4 rings (SSSR count). The van der Waals surface area contributed by atoms with Gasteiger partial charge in [0.25, 0.3) is 0 Å². The van der Waals surface area contributed by atoms with E-state index in [0.29, 0.717) is 33.2 Å². The summed E-state index contributed by atoms with van der Waals surface area (Å²) in [6.45, 7) is 0.932. The van der Waals surface area contributed by atoms with Gasteiger partial charge in [-0.05, 0) is 56.1 Å². The van der Waals surface area contributed by atoms with Crippen molar-refractivity contribution in [1.29, 1.82) is 0 Å². The number of aryl methyl sites for hydroxylation is 1. The number of carbonyl (C=O) groups is 1. The van der Waals surface area contributed by atoms with Crippen LogP contribution in [0.5, 0.6) is 0 Å². The molecule has 1 aliphatic rings. The van der Waals surface area contributed by atoms with Crippen molar-refractivity contribution in [2.24, 2.45) is 7.05 Å². The van der Waals surface area contributed by atoms with Gasteiger partial charge in [0.15, 0.2) is 5.78 Å². The van der Waals surface area contributed by atoms with E-state index >= 15 is 0 Å². The van der Waals surface area contributed by atoms with E-state index in [1.165, 1.54) is 16.7 Å². The lowest BCUT2D eigenvalue weighted by Gasteiger charge is -2.27. The van der Waals surface area contributed by atoms with Crippen LogP contribution >= 0.6 is 43.5 Å². The topological polar surface area (TPSA) is 53.2 Å². The van der Waals surface area contributed by atoms with Crippen LogP contribution in [0.4, 0.5) is 4.39 Å². The van der Waals surface area contributed by atoms with Crippen molar-refractivity contribution in [3.63, 3.8) is 0 Å². The number of imidazole rings is 1. The van der Waals surface area contributed by atoms with Crippen molar-refractivity contribution in [3.8, 4) is 0 Å². The van der Waals surface area contributed by atoms with Gasteiger partial charge in [-0.25, -0.2) is 9.18 Å². The first-order chi connectivity index (χ1) is 12.8. The fraction of sp³-hybridized carbons (Fsp3) is 0.222. The highest BCUT2D eigenvalue weighted by Crippen LogP contribution is 2.37. The standard InChI is InChI=1S/C18H12Br2ClFN2O3/c1-23-16-13(24(18(23)26)9-6-27-7-9)5-11(19)14(15(16)20)17(25)10-4-8(22)2-3-12(10)21/h2-5,9H,6-7H2,1H3. The van der Waals surface area contributed by atoms with Crippen molar-refractivity contribution in [2.45, 2.75) is 6.04 Å². The summed E-state index contributed by atoms with van der Waals surface area (Å²) in [5, 5.41) is 0.151. The molecule has 0 unspecified atom stereocenters. The van der Waals surface area contributed by atoms with Crippen LogP contribution in [-0.2, 0) is 11.8 Å². The summed E-state index contributed by atoms with van der Waals surface area (Å²) in [4.78, 5) is 25.8. The zero-order valence-electron chi connectivity index (χ0n) is 13.9. The number of halogens is 4. The second kappa shape index (κ2) is 6.84. The molecule has 5 nitrogen and oxygen atoms in total. The number of fused-ring (bicyclic) bond motifs is 1. The molecule has 2 heterocycles. The lowest BCUT2D eigenvalue weighted by molar-refractivity contribution is -0.0231. The molecular weight excluding hydrogens is 506 g/mol. The Morgan fingerprint density at radius 2 is 2.00 bits per heavy atom. The minimum Gasteiger partial charge on any atom is -0.377 e. The largest absolute Gasteiger partial charge is 0.377 e. The van der Waals surface area contributed by atoms with Gasteiger partial charge in [0, 0.05) is 17.1 Å². The van der Waals surface area contributed by atoms with Gasteiger partial charge in [0.05, 0.1) is 45.3 Å². The number of ketones is 1. The zero-order chi connectivity index (χ0) is 19.5. The monoisotopic (exact) mass is 516 g/mol. The van der Waals surface area contributed by atoms with E-state index in [1.807, 2.05) is 0 Å². The number of aromatic nitrogens is 2. The minimum atomic E-state index is -0.556. The fourth-order valence-corrected chi connectivity index (χ4v) is 5.13. The number of benzene rings is 2. The molecule has 1 saturated heterocycles. The van der Waals surface area contributed by atoms with E-state index < -0.39 is 11.6 Å². The number of ether oxygens (including phenoxy) is 1. The second-order valence-corrected chi connectivity index (χ2v) is 8.33. The molecule has 140 valence electrons. The lowest BCUT2D eigenvalue weighted by atomic mass is 10.0. The Kier molecular flexibility index (Phi) is 4.78. The maximum atomic E-state index is 13.6. The van der Waals surface area contributed by atoms with Gasteiger partial charge in [0.1, 0.15) is 5.82 Å². The van der Waals surface area contributed by atoms with Crippen LogP contribution in [0.3, 0.4) is 0 Å². The fourth-order valence-electron chi connectivity index (χ4n) is 3.20. The molecule has 2 aromatic carbocycles. The quantitative estimate of drug-likeness (QED) is 0.481. The molecule has 1 fully saturated rings. The summed E-state index contributed by atoms with van der Waals surface area (Å²) in [6.07, 6.45) is 0. The molecule has 1 aliphatic heterocycles. The van der Waals surface area contributed by atoms with Crippen LogP contribution in [-0.4, -0.2) is 28.1 Å². The number of hydrogen-bond acceptors (Lipinski definition) is 3. The Bertz CT molecular complexity index is 1170. The van der Waals surface area contributed by atoms with E-state index in [9.17, 15) is 14.0 Å². The summed E-state index contributed by atoms with van der Waals surface area (Å²) in [5.41, 5.74) is 1.38. The van der Waals surface area contributed by atoms with Crippen molar-refractivity contribution < 1.29 is 13.9 Å². The summed E-state index contributed by atoms with van der Waals surface area (Å²) < 4.78 is 22.9. The normalized spacial score (nSPS) is 14.6. The number of carbonyl (C=O) groups excluding carboxylic acids is 1. The molecule has 0 spiro atoms. The molecule has 0 atom stereocenters. The molecule has 1 aromatic heterocycles. The van der Waals surface area contributed by atoms with Gasteiger partial charge in [-0.1, -0.05) is 11.6 Å². The van der Waals surface area contributed by atoms with Crippen LogP contribution in [0.2, 0.25) is 5.02 Å². The highest BCUT2D eigenvalue weighted by atomic mass is 79.9. The first-order valence-corrected chi connectivity index (χ1v) is 9.94. The number of rotatable bonds is 3. The first-order valence-electron chi connectivity index (χ1n) is 7.97. The summed E-state index contributed by atoms with van der Waals surface area (Å²) in [6, 6.07) is 5.31. The molecule has 0 bridgehead atoms. The minimum absolute atomic E-state index is 0.0424. The van der Waals surface area contributed by atoms with E-state index in [4.69, 9.17) is 16.3 Å². The summed E-state index contributed by atoms with van der Waals surface area (Å²) in [5.74, 6) is -1.01. The van der Waals surface area contributed by atoms with E-state index in [-0.39, 0.29) is 27.9 Å². The summed E-state index contributed by atoms with van der Waals surface area (Å²) >= 11 is 13.0. The van der Waals surface area contributed by atoms with Crippen LogP contribution in [0, 0.1) is 5.82 Å². The first kappa shape index (κ1) is 18.9. The van der Waals surface area contributed by atoms with Gasteiger partial charge in [-0.2, -0.15) is 0 Å². The SMILES string of the molecule is Cn1c(=O)n(C2COC2)c2cc(Br)c(C(=O)c3cc(F)ccc3Cl)c(Br)c21. The molecule has 9 heteroatoms. The average molecular weight is 519 g/mol. The van der Waals surface area contributed by atoms with Crippen LogP contribution in [0.15, 0.2) is 38.0 Å². The molecule has 3 aromatic rings. The maximum absolute atomic E-state index is 13.6. The Hall–Kier alpha value is -1.48. The van der Waals surface area contributed by atoms with Gasteiger partial charge in [0.2, 0.25) is 0 Å². The molecule has 27 heavy (non-hydrogen) atoms. The van der Waals surface area contributed by atoms with E-state index in [2.05, 4.69) is 31.9 Å². The number of hydrogen-bond donors (Lipinski definition) is 0. The predicted molar refractivity (Wildman–Crippen MR) is 107 cm³/mol. The van der Waals surface area contributed by atoms with Crippen molar-refractivity contribution in [3.05, 3.63) is 65.7 Å². The van der Waals surface area contributed by atoms with Gasteiger partial charge >= 0.3 is 5.69 Å². The third-order valence-electron chi connectivity index (χ3n) is 4.65. The summed E-state index contributed by atoms with van der Waals surface area (Å²) in [7, 11) is 1.64. The Morgan fingerprint density at radius 3 is 2.63 bits per heavy atom.